The number of hydrogen-bond donors (Lipinski definition) is 0. The van der Waals surface area contributed by atoms with E-state index in [9.17, 15) is 4.79 Å². The van der Waals surface area contributed by atoms with Gasteiger partial charge in [-0.1, -0.05) is 0 Å². The molecule has 17 heavy (non-hydrogen) atoms. The van der Waals surface area contributed by atoms with E-state index < -0.39 is 5.97 Å². The Labute approximate surface area is 102 Å². The maximum atomic E-state index is 11.3. The molecule has 0 saturated carbocycles. The highest BCUT2D eigenvalue weighted by atomic mass is 16.5. The zero-order valence-electron chi connectivity index (χ0n) is 11.2. The van der Waals surface area contributed by atoms with Crippen LogP contribution in [0.15, 0.2) is 0 Å². The van der Waals surface area contributed by atoms with Crippen LogP contribution >= 0.6 is 0 Å². The molecule has 0 aromatic heterocycles. The molecule has 1 saturated heterocycles. The minimum Gasteiger partial charge on any atom is -0.454 e. The Kier molecular flexibility index (Phi) is 3.74. The third kappa shape index (κ3) is 3.14. The molecular weight excluding hydrogens is 218 g/mol. The molecule has 5 heteroatoms. The van der Waals surface area contributed by atoms with E-state index in [-0.39, 0.29) is 17.2 Å². The molecule has 1 fully saturated rings. The Bertz CT molecular complexity index is 339. The zero-order valence-corrected chi connectivity index (χ0v) is 11.2. The summed E-state index contributed by atoms with van der Waals surface area (Å²) in [6, 6.07) is 0. The molecule has 0 spiro atoms. The molecule has 0 aliphatic carbocycles. The Morgan fingerprint density at radius 2 is 1.82 bits per heavy atom. The van der Waals surface area contributed by atoms with Crippen LogP contribution < -0.4 is 0 Å². The number of nitrogens with zero attached hydrogens (tertiary/aromatic N) is 3. The van der Waals surface area contributed by atoms with Crippen LogP contribution in [0.5, 0.6) is 0 Å². The van der Waals surface area contributed by atoms with Gasteiger partial charge in [0.2, 0.25) is 0 Å². The predicted molar refractivity (Wildman–Crippen MR) is 64.7 cm³/mol. The fourth-order valence-corrected chi connectivity index (χ4v) is 2.60. The lowest BCUT2D eigenvalue weighted by atomic mass is 9.79. The van der Waals surface area contributed by atoms with Gasteiger partial charge < -0.3 is 10.3 Å². The van der Waals surface area contributed by atoms with Crippen molar-refractivity contribution in [2.75, 3.05) is 7.05 Å². The quantitative estimate of drug-likeness (QED) is 0.317. The number of esters is 1. The lowest BCUT2D eigenvalue weighted by Gasteiger charge is -2.53. The summed E-state index contributed by atoms with van der Waals surface area (Å²) in [5.41, 5.74) is 8.22. The van der Waals surface area contributed by atoms with Crippen molar-refractivity contribution in [3.05, 3.63) is 5.53 Å². The van der Waals surface area contributed by atoms with Crippen LogP contribution in [-0.4, -0.2) is 46.1 Å². The second kappa shape index (κ2) is 4.59. The minimum absolute atomic E-state index is 0.0247. The lowest BCUT2D eigenvalue weighted by molar-refractivity contribution is -0.153. The van der Waals surface area contributed by atoms with E-state index in [0.717, 1.165) is 19.1 Å². The number of carbonyl (C=O) groups excluding carboxylic acids is 1. The van der Waals surface area contributed by atoms with Gasteiger partial charge in [0.1, 0.15) is 6.10 Å². The second-order valence-corrected chi connectivity index (χ2v) is 5.90. The van der Waals surface area contributed by atoms with Crippen molar-refractivity contribution in [2.45, 2.75) is 57.7 Å². The van der Waals surface area contributed by atoms with Crippen LogP contribution in [0.1, 0.15) is 40.5 Å². The largest absolute Gasteiger partial charge is 0.454 e. The van der Waals surface area contributed by atoms with Gasteiger partial charge >= 0.3 is 12.2 Å². The standard InChI is InChI=1S/C12H21N3O2/c1-11(2)6-9(17-10(16)8-14-13)7-12(3,4)15(11)5/h8-9H,6-7H2,1-5H3. The maximum Gasteiger partial charge on any atom is 0.413 e. The summed E-state index contributed by atoms with van der Waals surface area (Å²) in [6.45, 7) is 8.54. The van der Waals surface area contributed by atoms with E-state index in [1.165, 1.54) is 0 Å². The van der Waals surface area contributed by atoms with Crippen molar-refractivity contribution >= 4 is 12.2 Å². The average Bonchev–Trinajstić information content (AvgIpc) is 2.13. The van der Waals surface area contributed by atoms with Crippen LogP contribution in [0.4, 0.5) is 0 Å². The van der Waals surface area contributed by atoms with Gasteiger partial charge in [0.15, 0.2) is 0 Å². The molecule has 0 radical (unpaired) electrons. The summed E-state index contributed by atoms with van der Waals surface area (Å²) >= 11 is 0. The number of ether oxygens (including phenoxy) is 1. The first-order valence-corrected chi connectivity index (χ1v) is 5.81. The fourth-order valence-electron chi connectivity index (χ4n) is 2.60. The molecule has 0 atom stereocenters. The van der Waals surface area contributed by atoms with Gasteiger partial charge in [-0.15, -0.1) is 0 Å². The van der Waals surface area contributed by atoms with Crippen LogP contribution in [0.25, 0.3) is 5.53 Å². The molecule has 1 aliphatic heterocycles. The van der Waals surface area contributed by atoms with Crippen LogP contribution in [0.3, 0.4) is 0 Å². The van der Waals surface area contributed by atoms with Gasteiger partial charge in [-0.2, -0.15) is 4.79 Å². The average molecular weight is 239 g/mol. The summed E-state index contributed by atoms with van der Waals surface area (Å²) in [4.78, 5) is 16.3. The van der Waals surface area contributed by atoms with Crippen molar-refractivity contribution in [1.82, 2.24) is 4.90 Å². The Hall–Kier alpha value is -1.19. The molecular formula is C12H21N3O2. The van der Waals surface area contributed by atoms with E-state index in [1.807, 2.05) is 0 Å². The monoisotopic (exact) mass is 239 g/mol. The zero-order chi connectivity index (χ0) is 13.3. The van der Waals surface area contributed by atoms with Crippen LogP contribution in [0, 0.1) is 0 Å². The number of rotatable bonds is 2. The molecule has 0 aromatic carbocycles. The van der Waals surface area contributed by atoms with Crippen LogP contribution in [-0.2, 0) is 9.53 Å². The van der Waals surface area contributed by atoms with E-state index in [2.05, 4.69) is 44.4 Å². The highest BCUT2D eigenvalue weighted by Crippen LogP contribution is 2.37. The number of piperidine rings is 1. The summed E-state index contributed by atoms with van der Waals surface area (Å²) in [7, 11) is 2.09. The van der Waals surface area contributed by atoms with Crippen molar-refractivity contribution in [1.29, 1.82) is 0 Å². The SMILES string of the molecule is CN1C(C)(C)CC(OC(=O)C=[N+]=[N-])CC1(C)C. The smallest absolute Gasteiger partial charge is 0.413 e. The Morgan fingerprint density at radius 1 is 1.35 bits per heavy atom. The van der Waals surface area contributed by atoms with E-state index in [1.54, 1.807) is 0 Å². The Balaban J connectivity index is 2.78. The molecule has 1 rings (SSSR count). The molecule has 1 aliphatic rings. The van der Waals surface area contributed by atoms with Crippen LogP contribution in [0.2, 0.25) is 0 Å². The van der Waals surface area contributed by atoms with Crippen molar-refractivity contribution in [3.63, 3.8) is 0 Å². The predicted octanol–water partition coefficient (Wildman–Crippen LogP) is 1.48. The normalized spacial score (nSPS) is 23.8. The summed E-state index contributed by atoms with van der Waals surface area (Å²) in [6.07, 6.45) is 2.20. The highest BCUT2D eigenvalue weighted by Gasteiger charge is 2.44. The summed E-state index contributed by atoms with van der Waals surface area (Å²) in [5, 5.41) is 0. The lowest BCUT2D eigenvalue weighted by Crippen LogP contribution is -2.60. The third-order valence-electron chi connectivity index (χ3n) is 3.72. The molecule has 1 heterocycles. The van der Waals surface area contributed by atoms with Gasteiger partial charge in [-0.3, -0.25) is 4.90 Å². The Morgan fingerprint density at radius 3 is 2.24 bits per heavy atom. The highest BCUT2D eigenvalue weighted by molar-refractivity contribution is 6.20. The molecule has 0 N–H and O–H groups in total. The molecule has 0 bridgehead atoms. The molecule has 0 unspecified atom stereocenters. The second-order valence-electron chi connectivity index (χ2n) is 5.90. The van der Waals surface area contributed by atoms with Gasteiger partial charge in [-0.05, 0) is 34.7 Å². The first-order chi connectivity index (χ1) is 7.69. The van der Waals surface area contributed by atoms with Crippen molar-refractivity contribution in [3.8, 4) is 0 Å². The summed E-state index contributed by atoms with van der Waals surface area (Å²) < 4.78 is 5.28. The van der Waals surface area contributed by atoms with Gasteiger partial charge in [-0.25, -0.2) is 4.79 Å². The van der Waals surface area contributed by atoms with Gasteiger partial charge in [0.05, 0.1) is 0 Å². The maximum absolute atomic E-state index is 11.3. The van der Waals surface area contributed by atoms with Crippen molar-refractivity contribution < 1.29 is 14.3 Å². The third-order valence-corrected chi connectivity index (χ3v) is 3.72. The molecule has 5 nitrogen and oxygen atoms in total. The topological polar surface area (TPSA) is 65.9 Å². The van der Waals surface area contributed by atoms with Gasteiger partial charge in [0, 0.05) is 23.9 Å². The van der Waals surface area contributed by atoms with Crippen molar-refractivity contribution in [2.24, 2.45) is 0 Å². The number of likely N-dealkylation sites (tertiary alicyclic amines) is 1. The number of carbonyl (C=O) groups is 1. The first-order valence-electron chi connectivity index (χ1n) is 5.81. The summed E-state index contributed by atoms with van der Waals surface area (Å²) in [5.74, 6) is -0.589. The molecule has 96 valence electrons. The van der Waals surface area contributed by atoms with E-state index in [0.29, 0.717) is 0 Å². The fraction of sp³-hybridized carbons (Fsp3) is 0.833. The molecule has 0 amide bonds. The first kappa shape index (κ1) is 13.9. The molecule has 0 aromatic rings. The van der Waals surface area contributed by atoms with Gasteiger partial charge in [0.25, 0.3) is 0 Å². The van der Waals surface area contributed by atoms with E-state index >= 15 is 0 Å². The van der Waals surface area contributed by atoms with E-state index in [4.69, 9.17) is 10.3 Å². The minimum atomic E-state index is -0.589. The number of hydrogen-bond acceptors (Lipinski definition) is 3.